The minimum Gasteiger partial charge on any atom is -0.265 e. The highest BCUT2D eigenvalue weighted by atomic mass is 35.5. The fourth-order valence-corrected chi connectivity index (χ4v) is 4.24. The average molecular weight is 452 g/mol. The molecule has 1 aromatic carbocycles. The van der Waals surface area contributed by atoms with E-state index in [1.54, 1.807) is 23.2 Å². The van der Waals surface area contributed by atoms with Crippen LogP contribution < -0.4 is 0 Å². The minimum absolute atomic E-state index is 0.433. The number of halogens is 2. The topological polar surface area (TPSA) is 67.4 Å². The molecule has 0 saturated carbocycles. The molecule has 0 spiro atoms. The zero-order chi connectivity index (χ0) is 21.1. The van der Waals surface area contributed by atoms with Crippen molar-refractivity contribution >= 4 is 46.2 Å². The lowest BCUT2D eigenvalue weighted by Gasteiger charge is -2.05. The molecular weight excluding hydrogens is 437 g/mol. The summed E-state index contributed by atoms with van der Waals surface area (Å²) in [5, 5.41) is 17.9. The van der Waals surface area contributed by atoms with E-state index < -0.39 is 0 Å². The highest BCUT2D eigenvalue weighted by Crippen LogP contribution is 2.30. The Bertz CT molecular complexity index is 1270. The van der Waals surface area contributed by atoms with Crippen LogP contribution in [-0.4, -0.2) is 19.7 Å². The van der Waals surface area contributed by atoms with E-state index in [-0.39, 0.29) is 0 Å². The number of benzene rings is 1. The van der Waals surface area contributed by atoms with Crippen molar-refractivity contribution in [1.82, 2.24) is 19.7 Å². The standard InChI is InChI=1S/C22H15Cl2N5S/c1-14-18(21(24)29(28-14)12-16-4-2-3-5-19(16)23)10-17(11-25)22-27-20(13-30-22)15-6-8-26-9-7-15/h2-10,13H,12H2,1H3/b17-10+. The van der Waals surface area contributed by atoms with Crippen LogP contribution in [0.15, 0.2) is 54.2 Å². The summed E-state index contributed by atoms with van der Waals surface area (Å²) in [6.45, 7) is 2.30. The van der Waals surface area contributed by atoms with Crippen molar-refractivity contribution in [3.05, 3.63) is 86.2 Å². The lowest BCUT2D eigenvalue weighted by Crippen LogP contribution is -2.02. The maximum atomic E-state index is 9.73. The average Bonchev–Trinajstić information content (AvgIpc) is 3.34. The Balaban J connectivity index is 1.67. The van der Waals surface area contributed by atoms with Gasteiger partial charge in [0.1, 0.15) is 16.2 Å². The summed E-state index contributed by atoms with van der Waals surface area (Å²) in [6, 6.07) is 13.6. The molecule has 0 amide bonds. The quantitative estimate of drug-likeness (QED) is 0.342. The van der Waals surface area contributed by atoms with Gasteiger partial charge in [0.05, 0.1) is 23.5 Å². The van der Waals surface area contributed by atoms with Crippen LogP contribution in [-0.2, 0) is 6.54 Å². The van der Waals surface area contributed by atoms with Crippen LogP contribution in [0.1, 0.15) is 21.8 Å². The molecule has 0 aliphatic heterocycles. The summed E-state index contributed by atoms with van der Waals surface area (Å²) >= 11 is 14.3. The predicted molar refractivity (Wildman–Crippen MR) is 121 cm³/mol. The fraction of sp³-hybridized carbons (Fsp3) is 0.0909. The molecule has 4 aromatic rings. The third-order valence-electron chi connectivity index (χ3n) is 4.51. The number of hydrogen-bond acceptors (Lipinski definition) is 5. The van der Waals surface area contributed by atoms with Crippen molar-refractivity contribution in [3.63, 3.8) is 0 Å². The van der Waals surface area contributed by atoms with Crippen LogP contribution >= 0.6 is 34.5 Å². The second-order valence-corrected chi connectivity index (χ2v) is 8.11. The zero-order valence-electron chi connectivity index (χ0n) is 15.9. The molecule has 3 aromatic heterocycles. The normalized spacial score (nSPS) is 11.5. The molecule has 148 valence electrons. The number of nitriles is 1. The van der Waals surface area contributed by atoms with Gasteiger partial charge in [0.2, 0.25) is 0 Å². The molecule has 4 rings (SSSR count). The van der Waals surface area contributed by atoms with Crippen LogP contribution in [0.2, 0.25) is 10.2 Å². The van der Waals surface area contributed by atoms with Crippen molar-refractivity contribution in [2.75, 3.05) is 0 Å². The van der Waals surface area contributed by atoms with Crippen LogP contribution in [0.3, 0.4) is 0 Å². The summed E-state index contributed by atoms with van der Waals surface area (Å²) < 4.78 is 1.68. The van der Waals surface area contributed by atoms with E-state index in [4.69, 9.17) is 23.2 Å². The zero-order valence-corrected chi connectivity index (χ0v) is 18.2. The van der Waals surface area contributed by atoms with Gasteiger partial charge < -0.3 is 0 Å². The van der Waals surface area contributed by atoms with Gasteiger partial charge in [-0.2, -0.15) is 10.4 Å². The van der Waals surface area contributed by atoms with Crippen LogP contribution in [0.4, 0.5) is 0 Å². The molecule has 0 fully saturated rings. The lowest BCUT2D eigenvalue weighted by molar-refractivity contribution is 0.680. The van der Waals surface area contributed by atoms with E-state index in [9.17, 15) is 5.26 Å². The molecule has 8 heteroatoms. The molecule has 0 unspecified atom stereocenters. The molecule has 0 aliphatic carbocycles. The van der Waals surface area contributed by atoms with E-state index in [1.165, 1.54) is 11.3 Å². The molecule has 0 atom stereocenters. The maximum absolute atomic E-state index is 9.73. The summed E-state index contributed by atoms with van der Waals surface area (Å²) in [4.78, 5) is 8.63. The third kappa shape index (κ3) is 4.14. The molecule has 0 saturated heterocycles. The van der Waals surface area contributed by atoms with E-state index in [2.05, 4.69) is 21.1 Å². The van der Waals surface area contributed by atoms with Gasteiger partial charge in [-0.25, -0.2) is 9.67 Å². The lowest BCUT2D eigenvalue weighted by atomic mass is 10.1. The van der Waals surface area contributed by atoms with Crippen LogP contribution in [0, 0.1) is 18.3 Å². The Labute approximate surface area is 187 Å². The summed E-state index contributed by atoms with van der Waals surface area (Å²) in [6.07, 6.45) is 5.17. The molecule has 3 heterocycles. The Morgan fingerprint density at radius 3 is 2.70 bits per heavy atom. The van der Waals surface area contributed by atoms with Gasteiger partial charge in [-0.05, 0) is 36.8 Å². The third-order valence-corrected chi connectivity index (χ3v) is 6.15. The molecule has 0 radical (unpaired) electrons. The fourth-order valence-electron chi connectivity index (χ4n) is 2.96. The van der Waals surface area contributed by atoms with Gasteiger partial charge in [0, 0.05) is 33.9 Å². The first-order valence-corrected chi connectivity index (χ1v) is 10.6. The van der Waals surface area contributed by atoms with Crippen LogP contribution in [0.25, 0.3) is 22.9 Å². The highest BCUT2D eigenvalue weighted by molar-refractivity contribution is 7.11. The van der Waals surface area contributed by atoms with Crippen molar-refractivity contribution < 1.29 is 0 Å². The number of allylic oxidation sites excluding steroid dienone is 1. The van der Waals surface area contributed by atoms with E-state index >= 15 is 0 Å². The monoisotopic (exact) mass is 451 g/mol. The van der Waals surface area contributed by atoms with E-state index in [0.29, 0.717) is 32.9 Å². The van der Waals surface area contributed by atoms with Crippen molar-refractivity contribution in [2.24, 2.45) is 0 Å². The minimum atomic E-state index is 0.433. The number of hydrogen-bond donors (Lipinski definition) is 0. The largest absolute Gasteiger partial charge is 0.265 e. The number of nitrogens with zero attached hydrogens (tertiary/aromatic N) is 5. The van der Waals surface area contributed by atoms with Crippen LogP contribution in [0.5, 0.6) is 0 Å². The maximum Gasteiger partial charge on any atom is 0.134 e. The SMILES string of the molecule is Cc1nn(Cc2ccccc2Cl)c(Cl)c1/C=C(\C#N)c1nc(-c2ccncc2)cs1. The summed E-state index contributed by atoms with van der Waals surface area (Å²) in [5.41, 5.74) is 4.53. The predicted octanol–water partition coefficient (Wildman–Crippen LogP) is 6.13. The first-order chi connectivity index (χ1) is 14.6. The first kappa shape index (κ1) is 20.3. The Kier molecular flexibility index (Phi) is 5.96. The number of pyridine rings is 1. The van der Waals surface area contributed by atoms with Gasteiger partial charge >= 0.3 is 0 Å². The number of aromatic nitrogens is 4. The number of aryl methyl sites for hydroxylation is 1. The summed E-state index contributed by atoms with van der Waals surface area (Å²) in [5.74, 6) is 0. The first-order valence-electron chi connectivity index (χ1n) is 9.01. The Hall–Kier alpha value is -2.98. The second-order valence-electron chi connectivity index (χ2n) is 6.48. The molecule has 5 nitrogen and oxygen atoms in total. The Morgan fingerprint density at radius 2 is 1.97 bits per heavy atom. The van der Waals surface area contributed by atoms with Gasteiger partial charge in [0.25, 0.3) is 0 Å². The molecule has 0 aliphatic rings. The van der Waals surface area contributed by atoms with Crippen molar-refractivity contribution in [2.45, 2.75) is 13.5 Å². The van der Waals surface area contributed by atoms with Gasteiger partial charge in [-0.1, -0.05) is 41.4 Å². The highest BCUT2D eigenvalue weighted by Gasteiger charge is 2.16. The number of rotatable bonds is 5. The van der Waals surface area contributed by atoms with Gasteiger partial charge in [-0.15, -0.1) is 11.3 Å². The smallest absolute Gasteiger partial charge is 0.134 e. The Morgan fingerprint density at radius 1 is 1.20 bits per heavy atom. The summed E-state index contributed by atoms with van der Waals surface area (Å²) in [7, 11) is 0. The van der Waals surface area contributed by atoms with Crippen molar-refractivity contribution in [1.29, 1.82) is 5.26 Å². The van der Waals surface area contributed by atoms with Crippen molar-refractivity contribution in [3.8, 4) is 17.3 Å². The molecule has 30 heavy (non-hydrogen) atoms. The molecule has 0 N–H and O–H groups in total. The number of thiazole rings is 1. The molecule has 0 bridgehead atoms. The van der Waals surface area contributed by atoms with Gasteiger partial charge in [-0.3, -0.25) is 4.98 Å². The van der Waals surface area contributed by atoms with E-state index in [1.807, 2.05) is 48.7 Å². The molecular formula is C22H15Cl2N5S. The van der Waals surface area contributed by atoms with E-state index in [0.717, 1.165) is 22.5 Å². The second kappa shape index (κ2) is 8.80. The van der Waals surface area contributed by atoms with Gasteiger partial charge in [0.15, 0.2) is 0 Å².